The molecule has 0 radical (unpaired) electrons. The summed E-state index contributed by atoms with van der Waals surface area (Å²) in [4.78, 5) is 75.4. The van der Waals surface area contributed by atoms with Gasteiger partial charge in [-0.05, 0) is 50.0 Å². The predicted octanol–water partition coefficient (Wildman–Crippen LogP) is -0.496. The van der Waals surface area contributed by atoms with Gasteiger partial charge in [-0.2, -0.15) is 12.6 Å². The quantitative estimate of drug-likeness (QED) is 0.0399. The van der Waals surface area contributed by atoms with Gasteiger partial charge in [0.2, 0.25) is 17.7 Å². The molecule has 1 saturated heterocycles. The summed E-state index contributed by atoms with van der Waals surface area (Å²) in [6.45, 7) is 4.26. The maximum absolute atomic E-state index is 14.0. The molecule has 0 aromatic heterocycles. The van der Waals surface area contributed by atoms with E-state index in [4.69, 9.17) is 27.7 Å². The topological polar surface area (TPSA) is 263 Å². The number of aliphatic imine (C=N–C) groups is 2. The van der Waals surface area contributed by atoms with Crippen molar-refractivity contribution in [2.45, 2.75) is 83.1 Å². The summed E-state index contributed by atoms with van der Waals surface area (Å²) in [5.74, 6) is -2.48. The van der Waals surface area contributed by atoms with E-state index in [1.54, 1.807) is 26.0 Å². The van der Waals surface area contributed by atoms with Crippen LogP contribution in [0.3, 0.4) is 0 Å². The first kappa shape index (κ1) is 39.6. The summed E-state index contributed by atoms with van der Waals surface area (Å²) in [6.07, 6.45) is 1.33. The highest BCUT2D eigenvalue weighted by molar-refractivity contribution is 7.81. The first-order valence-electron chi connectivity index (χ1n) is 16.0. The number of Topliss-reactive ketones (excluding diaryl/α,β-unsaturated/α-hetero) is 1. The van der Waals surface area contributed by atoms with E-state index in [9.17, 15) is 24.0 Å². The average molecular weight is 691 g/mol. The molecule has 4 atom stereocenters. The molecule has 0 spiro atoms. The number of thiol groups is 1. The highest BCUT2D eigenvalue weighted by Crippen LogP contribution is 2.21. The Morgan fingerprint density at radius 1 is 0.917 bits per heavy atom. The van der Waals surface area contributed by atoms with E-state index in [0.717, 1.165) is 5.56 Å². The Morgan fingerprint density at radius 3 is 2.08 bits per heavy atom. The molecular formula is C31H50N10O6S. The average Bonchev–Trinajstić information content (AvgIpc) is 3.55. The van der Waals surface area contributed by atoms with Crippen LogP contribution < -0.4 is 38.9 Å². The van der Waals surface area contributed by atoms with E-state index in [1.165, 1.54) is 4.90 Å². The molecular weight excluding hydrogens is 640 g/mol. The van der Waals surface area contributed by atoms with Crippen molar-refractivity contribution in [3.8, 4) is 0 Å². The smallest absolute Gasteiger partial charge is 0.408 e. The Morgan fingerprint density at radius 2 is 1.52 bits per heavy atom. The van der Waals surface area contributed by atoms with Crippen LogP contribution in [0.4, 0.5) is 4.79 Å². The Hall–Kier alpha value is -4.54. The number of carbonyl (C=O) groups excluding carboxylic acids is 5. The van der Waals surface area contributed by atoms with Crippen LogP contribution in [0.1, 0.15) is 57.9 Å². The first-order chi connectivity index (χ1) is 22.8. The number of nitrogens with one attached hydrogen (secondary N) is 3. The fraction of sp³-hybridized carbons (Fsp3) is 0.581. The highest BCUT2D eigenvalue weighted by atomic mass is 32.1. The van der Waals surface area contributed by atoms with Crippen LogP contribution >= 0.6 is 12.6 Å². The monoisotopic (exact) mass is 690 g/mol. The molecule has 4 amide bonds. The van der Waals surface area contributed by atoms with Crippen LogP contribution in [0.25, 0.3) is 0 Å². The Balaban J connectivity index is 2.17. The lowest BCUT2D eigenvalue weighted by molar-refractivity contribution is -0.142. The van der Waals surface area contributed by atoms with Crippen molar-refractivity contribution in [2.75, 3.05) is 25.4 Å². The molecule has 1 aliphatic heterocycles. The molecule has 1 aromatic carbocycles. The molecule has 48 heavy (non-hydrogen) atoms. The fourth-order valence-electron chi connectivity index (χ4n) is 5.15. The number of guanidine groups is 2. The van der Waals surface area contributed by atoms with Crippen LogP contribution in [-0.2, 0) is 30.5 Å². The number of nitrogens with two attached hydrogens (primary N) is 4. The van der Waals surface area contributed by atoms with Crippen LogP contribution in [0.15, 0.2) is 40.3 Å². The van der Waals surface area contributed by atoms with Crippen LogP contribution in [-0.4, -0.2) is 96.0 Å². The van der Waals surface area contributed by atoms with Gasteiger partial charge in [0.1, 0.15) is 24.7 Å². The molecule has 0 aliphatic carbocycles. The molecule has 1 heterocycles. The molecule has 17 heteroatoms. The van der Waals surface area contributed by atoms with Crippen molar-refractivity contribution >= 4 is 54.1 Å². The number of ketones is 1. The van der Waals surface area contributed by atoms with Crippen molar-refractivity contribution in [3.63, 3.8) is 0 Å². The lowest BCUT2D eigenvalue weighted by atomic mass is 10.0. The van der Waals surface area contributed by atoms with Gasteiger partial charge < -0.3 is 48.5 Å². The van der Waals surface area contributed by atoms with Gasteiger partial charge in [-0.3, -0.25) is 29.2 Å². The van der Waals surface area contributed by atoms with Crippen LogP contribution in [0.2, 0.25) is 0 Å². The Labute approximate surface area is 286 Å². The van der Waals surface area contributed by atoms with Crippen molar-refractivity contribution in [3.05, 3.63) is 35.9 Å². The second-order valence-corrected chi connectivity index (χ2v) is 12.1. The molecule has 2 rings (SSSR count). The van der Waals surface area contributed by atoms with Crippen LogP contribution in [0, 0.1) is 5.92 Å². The molecule has 0 saturated carbocycles. The zero-order valence-electron chi connectivity index (χ0n) is 27.6. The van der Waals surface area contributed by atoms with Gasteiger partial charge in [-0.1, -0.05) is 44.2 Å². The van der Waals surface area contributed by atoms with E-state index in [2.05, 4.69) is 38.6 Å². The van der Waals surface area contributed by atoms with E-state index in [-0.39, 0.29) is 68.5 Å². The number of hydrogen-bond acceptors (Lipinski definition) is 9. The number of rotatable bonds is 19. The number of nitrogens with zero attached hydrogens (tertiary/aromatic N) is 3. The highest BCUT2D eigenvalue weighted by Gasteiger charge is 2.39. The molecule has 0 bridgehead atoms. The van der Waals surface area contributed by atoms with E-state index < -0.39 is 48.0 Å². The second kappa shape index (κ2) is 20.6. The number of carbonyl (C=O) groups is 5. The predicted molar refractivity (Wildman–Crippen MR) is 186 cm³/mol. The summed E-state index contributed by atoms with van der Waals surface area (Å²) in [5, 5.41) is 8.14. The summed E-state index contributed by atoms with van der Waals surface area (Å²) >= 11 is 4.07. The van der Waals surface area contributed by atoms with Crippen molar-refractivity contribution < 1.29 is 28.7 Å². The Bertz CT molecular complexity index is 1290. The fourth-order valence-corrected chi connectivity index (χ4v) is 5.37. The molecule has 1 aliphatic rings. The summed E-state index contributed by atoms with van der Waals surface area (Å²) in [7, 11) is 0. The third-order valence-electron chi connectivity index (χ3n) is 7.64. The molecule has 16 nitrogen and oxygen atoms in total. The van der Waals surface area contributed by atoms with Gasteiger partial charge in [-0.25, -0.2) is 4.79 Å². The zero-order chi connectivity index (χ0) is 35.6. The molecule has 0 unspecified atom stereocenters. The van der Waals surface area contributed by atoms with Gasteiger partial charge in [0, 0.05) is 19.6 Å². The number of likely N-dealkylation sites (tertiary alicyclic amines) is 1. The molecule has 1 fully saturated rings. The summed E-state index contributed by atoms with van der Waals surface area (Å²) in [6, 6.07) is 5.30. The minimum Gasteiger partial charge on any atom is -0.445 e. The summed E-state index contributed by atoms with van der Waals surface area (Å²) in [5.41, 5.74) is 22.4. The number of alkyl carbamates (subject to hydrolysis) is 1. The van der Waals surface area contributed by atoms with Gasteiger partial charge >= 0.3 is 6.09 Å². The third-order valence-corrected chi connectivity index (χ3v) is 7.95. The zero-order valence-corrected chi connectivity index (χ0v) is 28.5. The standard InChI is InChI=1S/C31H50N10O6S/c1-19(2)25(40-31(46)47-17-20-9-4-3-5-10-20)27(44)39-22(12-7-15-37-30(34)35)28(45)41-16-8-13-23(41)26(43)38-21(24(42)18-48)11-6-14-36-29(32)33/h3-5,9-10,19,21-23,25,48H,6-8,11-18H2,1-2H3,(H,38,43)(H,39,44)(H,40,46)(H4,32,33,36)(H4,34,35,37)/t21-,22-,23-,25-/m0/s1. The lowest BCUT2D eigenvalue weighted by Gasteiger charge is -2.31. The molecule has 1 aromatic rings. The molecule has 266 valence electrons. The minimum atomic E-state index is -1.06. The molecule has 11 N–H and O–H groups in total. The van der Waals surface area contributed by atoms with Crippen molar-refractivity contribution in [1.29, 1.82) is 0 Å². The van der Waals surface area contributed by atoms with Gasteiger partial charge in [-0.15, -0.1) is 0 Å². The largest absolute Gasteiger partial charge is 0.445 e. The van der Waals surface area contributed by atoms with E-state index in [1.807, 2.05) is 18.2 Å². The lowest BCUT2D eigenvalue weighted by Crippen LogP contribution is -2.58. The van der Waals surface area contributed by atoms with Crippen LogP contribution in [0.5, 0.6) is 0 Å². The first-order valence-corrected chi connectivity index (χ1v) is 16.6. The van der Waals surface area contributed by atoms with Crippen molar-refractivity contribution in [2.24, 2.45) is 38.8 Å². The SMILES string of the molecule is CC(C)[C@H](NC(=O)OCc1ccccc1)C(=O)N[C@@H](CCCN=C(N)N)C(=O)N1CCC[C@H]1C(=O)N[C@@H](CCCN=C(N)N)C(=O)CS. The van der Waals surface area contributed by atoms with Gasteiger partial charge in [0.05, 0.1) is 11.8 Å². The third kappa shape index (κ3) is 13.7. The normalized spacial score (nSPS) is 15.8. The number of benzene rings is 1. The minimum absolute atomic E-state index is 0.0140. The maximum Gasteiger partial charge on any atom is 0.408 e. The van der Waals surface area contributed by atoms with Gasteiger partial charge in [0.25, 0.3) is 0 Å². The van der Waals surface area contributed by atoms with Crippen molar-refractivity contribution in [1.82, 2.24) is 20.9 Å². The number of amides is 4. The van der Waals surface area contributed by atoms with Gasteiger partial charge in [0.15, 0.2) is 17.7 Å². The summed E-state index contributed by atoms with van der Waals surface area (Å²) < 4.78 is 5.30. The number of ether oxygens (including phenoxy) is 1. The second-order valence-electron chi connectivity index (χ2n) is 11.8. The Kier molecular flexibility index (Phi) is 17.0. The maximum atomic E-state index is 14.0. The van der Waals surface area contributed by atoms with E-state index in [0.29, 0.717) is 25.7 Å². The van der Waals surface area contributed by atoms with E-state index >= 15 is 0 Å². The number of hydrogen-bond donors (Lipinski definition) is 8.